The second-order valence-electron chi connectivity index (χ2n) is 8.14. The highest BCUT2D eigenvalue weighted by Gasteiger charge is 2.25. The average Bonchev–Trinajstić information content (AvgIpc) is 2.92. The fourth-order valence-electron chi connectivity index (χ4n) is 4.34. The molecule has 0 aliphatic carbocycles. The van der Waals surface area contributed by atoms with Crippen molar-refractivity contribution in [3.8, 4) is 17.3 Å². The number of piperazine rings is 1. The molecule has 1 aliphatic rings. The molecular weight excluding hydrogens is 498 g/mol. The summed E-state index contributed by atoms with van der Waals surface area (Å²) in [6.07, 6.45) is 3.67. The van der Waals surface area contributed by atoms with Crippen molar-refractivity contribution in [2.45, 2.75) is 5.16 Å². The Hall–Kier alpha value is -3.94. The number of aromatic nitrogens is 3. The molecule has 0 radical (unpaired) electrons. The van der Waals surface area contributed by atoms with E-state index in [0.29, 0.717) is 45.9 Å². The highest BCUT2D eigenvalue weighted by Crippen LogP contribution is 2.33. The fourth-order valence-corrected chi connectivity index (χ4v) is 4.87. The average molecular weight is 518 g/mol. The summed E-state index contributed by atoms with van der Waals surface area (Å²) in [5, 5.41) is 23.4. The van der Waals surface area contributed by atoms with E-state index in [9.17, 15) is 15.4 Å². The van der Waals surface area contributed by atoms with Gasteiger partial charge >= 0.3 is 0 Å². The number of fused-ring (bicyclic) bond motifs is 1. The summed E-state index contributed by atoms with van der Waals surface area (Å²) < 4.78 is 0. The zero-order valence-corrected chi connectivity index (χ0v) is 20.8. The molecular formula is C25H20ClN7O2S. The van der Waals surface area contributed by atoms with E-state index in [1.807, 2.05) is 30.5 Å². The summed E-state index contributed by atoms with van der Waals surface area (Å²) in [5.41, 5.74) is 3.40. The van der Waals surface area contributed by atoms with Crippen molar-refractivity contribution in [3.63, 3.8) is 0 Å². The van der Waals surface area contributed by atoms with Crippen LogP contribution in [0.2, 0.25) is 5.02 Å². The molecule has 180 valence electrons. The third kappa shape index (κ3) is 4.51. The van der Waals surface area contributed by atoms with Crippen LogP contribution in [0.4, 0.5) is 17.2 Å². The van der Waals surface area contributed by atoms with Gasteiger partial charge in [-0.2, -0.15) is 5.26 Å². The van der Waals surface area contributed by atoms with Crippen LogP contribution in [0.1, 0.15) is 5.56 Å². The number of hydrogen-bond acceptors (Lipinski definition) is 9. The van der Waals surface area contributed by atoms with Gasteiger partial charge in [0, 0.05) is 66.2 Å². The molecule has 5 rings (SSSR count). The number of hydrogen-bond donors (Lipinski definition) is 0. The van der Waals surface area contributed by atoms with Crippen molar-refractivity contribution in [2.75, 3.05) is 42.2 Å². The third-order valence-corrected chi connectivity index (χ3v) is 6.90. The Labute approximate surface area is 216 Å². The van der Waals surface area contributed by atoms with Crippen LogP contribution in [0, 0.1) is 21.4 Å². The monoisotopic (exact) mass is 517 g/mol. The minimum atomic E-state index is -0.451. The number of nitro groups is 1. The highest BCUT2D eigenvalue weighted by molar-refractivity contribution is 7.98. The van der Waals surface area contributed by atoms with E-state index < -0.39 is 4.92 Å². The van der Waals surface area contributed by atoms with E-state index in [2.05, 4.69) is 30.8 Å². The largest absolute Gasteiger partial charge is 0.367 e. The molecule has 1 saturated heterocycles. The second kappa shape index (κ2) is 9.97. The molecule has 2 aromatic heterocycles. The van der Waals surface area contributed by atoms with Crippen LogP contribution in [0.5, 0.6) is 0 Å². The normalized spacial score (nSPS) is 13.6. The molecule has 0 amide bonds. The Morgan fingerprint density at radius 3 is 2.44 bits per heavy atom. The van der Waals surface area contributed by atoms with Crippen LogP contribution in [0.3, 0.4) is 0 Å². The highest BCUT2D eigenvalue weighted by atomic mass is 35.5. The van der Waals surface area contributed by atoms with Gasteiger partial charge in [-0.15, -0.1) is 0 Å². The summed E-state index contributed by atoms with van der Waals surface area (Å²) in [6.45, 7) is 2.80. The molecule has 0 N–H and O–H groups in total. The molecule has 4 aromatic rings. The summed E-state index contributed by atoms with van der Waals surface area (Å²) in [5.74, 6) is 0.580. The number of pyridine rings is 1. The first-order valence-corrected chi connectivity index (χ1v) is 12.7. The maximum atomic E-state index is 11.1. The molecule has 0 saturated carbocycles. The minimum Gasteiger partial charge on any atom is -0.367 e. The Morgan fingerprint density at radius 2 is 1.78 bits per heavy atom. The number of non-ortho nitro benzene ring substituents is 1. The van der Waals surface area contributed by atoms with Crippen LogP contribution in [-0.2, 0) is 0 Å². The summed E-state index contributed by atoms with van der Waals surface area (Å²) in [6, 6.07) is 16.1. The fraction of sp³-hybridized carbons (Fsp3) is 0.200. The van der Waals surface area contributed by atoms with Crippen LogP contribution < -0.4 is 9.80 Å². The summed E-state index contributed by atoms with van der Waals surface area (Å²) in [4.78, 5) is 28.7. The van der Waals surface area contributed by atoms with Crippen LogP contribution >= 0.6 is 23.4 Å². The zero-order chi connectivity index (χ0) is 25.2. The molecule has 2 aromatic carbocycles. The van der Waals surface area contributed by atoms with Crippen molar-refractivity contribution >= 4 is 51.5 Å². The lowest BCUT2D eigenvalue weighted by Gasteiger charge is -2.37. The Morgan fingerprint density at radius 1 is 1.06 bits per heavy atom. The van der Waals surface area contributed by atoms with Crippen molar-refractivity contribution in [1.29, 1.82) is 5.26 Å². The van der Waals surface area contributed by atoms with E-state index in [1.165, 1.54) is 23.9 Å². The lowest BCUT2D eigenvalue weighted by molar-refractivity contribution is -0.384. The first kappa shape index (κ1) is 23.8. The number of nitro benzene ring substituents is 1. The van der Waals surface area contributed by atoms with Crippen molar-refractivity contribution < 1.29 is 4.92 Å². The summed E-state index contributed by atoms with van der Waals surface area (Å²) in [7, 11) is 0. The molecule has 0 bridgehead atoms. The standard InChI is InChI=1S/C25H20ClN7O2S/c1-36-25-29-23(16-2-5-18(6-3-16)33(34)35)20(15-27)24(30-25)32-12-10-31(11-13-32)22-8-9-28-21-14-17(26)4-7-19(21)22/h2-9,14H,10-13H2,1H3. The molecule has 11 heteroatoms. The molecule has 0 spiro atoms. The van der Waals surface area contributed by atoms with Gasteiger partial charge in [0.15, 0.2) is 11.0 Å². The second-order valence-corrected chi connectivity index (χ2v) is 9.35. The van der Waals surface area contributed by atoms with Gasteiger partial charge in [-0.3, -0.25) is 15.1 Å². The number of anilines is 2. The van der Waals surface area contributed by atoms with E-state index in [1.54, 1.807) is 18.3 Å². The van der Waals surface area contributed by atoms with Crippen LogP contribution in [0.25, 0.3) is 22.2 Å². The molecule has 0 unspecified atom stereocenters. The molecule has 9 nitrogen and oxygen atoms in total. The van der Waals surface area contributed by atoms with E-state index in [4.69, 9.17) is 11.6 Å². The maximum Gasteiger partial charge on any atom is 0.269 e. The quantitative estimate of drug-likeness (QED) is 0.153. The maximum absolute atomic E-state index is 11.1. The first-order valence-electron chi connectivity index (χ1n) is 11.1. The van der Waals surface area contributed by atoms with Gasteiger partial charge < -0.3 is 9.80 Å². The van der Waals surface area contributed by atoms with Gasteiger partial charge in [0.25, 0.3) is 5.69 Å². The molecule has 0 atom stereocenters. The number of benzene rings is 2. The van der Waals surface area contributed by atoms with E-state index >= 15 is 0 Å². The third-order valence-electron chi connectivity index (χ3n) is 6.12. The van der Waals surface area contributed by atoms with E-state index in [0.717, 1.165) is 29.7 Å². The van der Waals surface area contributed by atoms with Crippen molar-refractivity contribution in [2.24, 2.45) is 0 Å². The Bertz CT molecular complexity index is 1500. The van der Waals surface area contributed by atoms with Gasteiger partial charge in [-0.05, 0) is 42.7 Å². The smallest absolute Gasteiger partial charge is 0.269 e. The van der Waals surface area contributed by atoms with Crippen LogP contribution in [-0.4, -0.2) is 52.3 Å². The van der Waals surface area contributed by atoms with E-state index in [-0.39, 0.29) is 5.69 Å². The molecule has 1 aliphatic heterocycles. The first-order chi connectivity index (χ1) is 17.5. The van der Waals surface area contributed by atoms with Gasteiger partial charge in [-0.1, -0.05) is 23.4 Å². The van der Waals surface area contributed by atoms with Crippen molar-refractivity contribution in [1.82, 2.24) is 15.0 Å². The molecule has 1 fully saturated rings. The van der Waals surface area contributed by atoms with Gasteiger partial charge in [0.1, 0.15) is 11.6 Å². The van der Waals surface area contributed by atoms with Gasteiger partial charge in [-0.25, -0.2) is 9.97 Å². The molecule has 36 heavy (non-hydrogen) atoms. The summed E-state index contributed by atoms with van der Waals surface area (Å²) >= 11 is 7.53. The molecule has 3 heterocycles. The number of thioether (sulfide) groups is 1. The lowest BCUT2D eigenvalue weighted by atomic mass is 10.1. The van der Waals surface area contributed by atoms with Gasteiger partial charge in [0.2, 0.25) is 0 Å². The predicted molar refractivity (Wildman–Crippen MR) is 142 cm³/mol. The minimum absolute atomic E-state index is 0.0151. The van der Waals surface area contributed by atoms with Gasteiger partial charge in [0.05, 0.1) is 16.1 Å². The topological polar surface area (TPSA) is 112 Å². The lowest BCUT2D eigenvalue weighted by Crippen LogP contribution is -2.47. The number of nitrogens with zero attached hydrogens (tertiary/aromatic N) is 7. The number of rotatable bonds is 5. The zero-order valence-electron chi connectivity index (χ0n) is 19.3. The Kier molecular flexibility index (Phi) is 6.59. The predicted octanol–water partition coefficient (Wildman–Crippen LogP) is 5.17. The number of nitriles is 1. The SMILES string of the molecule is CSc1nc(-c2ccc([N+](=O)[O-])cc2)c(C#N)c(N2CCN(c3ccnc4cc(Cl)ccc34)CC2)n1. The number of halogens is 1. The van der Waals surface area contributed by atoms with Crippen LogP contribution in [0.15, 0.2) is 59.9 Å². The van der Waals surface area contributed by atoms with Crippen molar-refractivity contribution in [3.05, 3.63) is 75.4 Å². The Balaban J connectivity index is 1.45.